The maximum atomic E-state index is 11.8. The molecule has 15 heavy (non-hydrogen) atoms. The summed E-state index contributed by atoms with van der Waals surface area (Å²) in [5, 5.41) is 0.114. The summed E-state index contributed by atoms with van der Waals surface area (Å²) in [6.45, 7) is 4.79. The second-order valence-corrected chi connectivity index (χ2v) is 3.90. The number of methoxy groups -OCH3 is 1. The molecule has 0 aliphatic heterocycles. The van der Waals surface area contributed by atoms with Gasteiger partial charge in [-0.2, -0.15) is 0 Å². The van der Waals surface area contributed by atoms with Crippen molar-refractivity contribution >= 4 is 11.6 Å². The first kappa shape index (κ1) is 12.0. The third kappa shape index (κ3) is 2.72. The second kappa shape index (κ2) is 5.16. The van der Waals surface area contributed by atoms with Gasteiger partial charge in [0.1, 0.15) is 0 Å². The Balaban J connectivity index is 3.06. The Labute approximate surface area is 93.8 Å². The summed E-state index contributed by atoms with van der Waals surface area (Å²) >= 11 is 5.72. The molecular formula is C10H15ClN2O2. The van der Waals surface area contributed by atoms with Crippen molar-refractivity contribution < 1.29 is 4.74 Å². The number of hydrogen-bond donors (Lipinski definition) is 0. The van der Waals surface area contributed by atoms with Gasteiger partial charge >= 0.3 is 0 Å². The van der Waals surface area contributed by atoms with Gasteiger partial charge in [0.25, 0.3) is 5.56 Å². The first-order valence-electron chi connectivity index (χ1n) is 4.89. The SMILES string of the molecule is CCC(C)Cn1cnc(Cl)c(OC)c1=O. The fourth-order valence-electron chi connectivity index (χ4n) is 1.22. The van der Waals surface area contributed by atoms with Crippen molar-refractivity contribution in [2.24, 2.45) is 5.92 Å². The lowest BCUT2D eigenvalue weighted by atomic mass is 10.1. The number of ether oxygens (including phenoxy) is 1. The van der Waals surface area contributed by atoms with Gasteiger partial charge in [-0.15, -0.1) is 0 Å². The van der Waals surface area contributed by atoms with E-state index in [0.29, 0.717) is 12.5 Å². The average Bonchev–Trinajstić information content (AvgIpc) is 2.23. The average molecular weight is 231 g/mol. The molecule has 1 unspecified atom stereocenters. The number of halogens is 1. The maximum Gasteiger partial charge on any atom is 0.297 e. The van der Waals surface area contributed by atoms with Crippen molar-refractivity contribution in [1.29, 1.82) is 0 Å². The zero-order valence-electron chi connectivity index (χ0n) is 9.16. The molecule has 0 saturated heterocycles. The molecule has 0 aromatic carbocycles. The second-order valence-electron chi connectivity index (χ2n) is 3.54. The van der Waals surface area contributed by atoms with Crippen LogP contribution in [0.4, 0.5) is 0 Å². The minimum Gasteiger partial charge on any atom is -0.489 e. The molecule has 5 heteroatoms. The fourth-order valence-corrected chi connectivity index (χ4v) is 1.42. The van der Waals surface area contributed by atoms with E-state index >= 15 is 0 Å². The van der Waals surface area contributed by atoms with Crippen molar-refractivity contribution in [2.45, 2.75) is 26.8 Å². The molecule has 0 saturated carbocycles. The molecule has 0 radical (unpaired) electrons. The van der Waals surface area contributed by atoms with Crippen molar-refractivity contribution in [2.75, 3.05) is 7.11 Å². The van der Waals surface area contributed by atoms with Gasteiger partial charge in [-0.05, 0) is 5.92 Å². The molecule has 0 aliphatic rings. The van der Waals surface area contributed by atoms with E-state index in [4.69, 9.17) is 16.3 Å². The highest BCUT2D eigenvalue weighted by Gasteiger charge is 2.11. The Hall–Kier alpha value is -1.03. The molecule has 0 spiro atoms. The van der Waals surface area contributed by atoms with E-state index in [2.05, 4.69) is 18.8 Å². The summed E-state index contributed by atoms with van der Waals surface area (Å²) in [5.74, 6) is 0.540. The minimum atomic E-state index is -0.224. The minimum absolute atomic E-state index is 0.113. The van der Waals surface area contributed by atoms with E-state index in [1.165, 1.54) is 18.0 Å². The van der Waals surface area contributed by atoms with E-state index < -0.39 is 0 Å². The standard InChI is InChI=1S/C10H15ClN2O2/c1-4-7(2)5-13-6-12-9(11)8(15-3)10(13)14/h6-7H,4-5H2,1-3H3. The Morgan fingerprint density at radius 3 is 2.87 bits per heavy atom. The highest BCUT2D eigenvalue weighted by atomic mass is 35.5. The van der Waals surface area contributed by atoms with E-state index in [9.17, 15) is 4.79 Å². The summed E-state index contributed by atoms with van der Waals surface area (Å²) < 4.78 is 6.43. The van der Waals surface area contributed by atoms with Crippen LogP contribution in [0.3, 0.4) is 0 Å². The maximum absolute atomic E-state index is 11.8. The van der Waals surface area contributed by atoms with Crippen LogP contribution in [0.15, 0.2) is 11.1 Å². The number of aromatic nitrogens is 2. The topological polar surface area (TPSA) is 44.1 Å². The number of nitrogens with zero attached hydrogens (tertiary/aromatic N) is 2. The summed E-state index contributed by atoms with van der Waals surface area (Å²) in [6.07, 6.45) is 2.47. The zero-order chi connectivity index (χ0) is 11.4. The first-order valence-corrected chi connectivity index (χ1v) is 5.26. The lowest BCUT2D eigenvalue weighted by Gasteiger charge is -2.11. The molecule has 0 amide bonds. The van der Waals surface area contributed by atoms with Crippen molar-refractivity contribution in [3.05, 3.63) is 21.8 Å². The van der Waals surface area contributed by atoms with Crippen LogP contribution in [-0.4, -0.2) is 16.7 Å². The molecule has 0 N–H and O–H groups in total. The van der Waals surface area contributed by atoms with Crippen molar-refractivity contribution in [1.82, 2.24) is 9.55 Å². The third-order valence-corrected chi connectivity index (χ3v) is 2.63. The lowest BCUT2D eigenvalue weighted by Crippen LogP contribution is -2.24. The molecular weight excluding hydrogens is 216 g/mol. The van der Waals surface area contributed by atoms with Crippen molar-refractivity contribution in [3.8, 4) is 5.75 Å². The molecule has 1 aromatic rings. The first-order chi connectivity index (χ1) is 7.10. The van der Waals surface area contributed by atoms with Gasteiger partial charge in [0.05, 0.1) is 13.4 Å². The quantitative estimate of drug-likeness (QED) is 0.743. The lowest BCUT2D eigenvalue weighted by molar-refractivity contribution is 0.389. The molecule has 1 aromatic heterocycles. The normalized spacial score (nSPS) is 12.5. The van der Waals surface area contributed by atoms with Gasteiger partial charge in [-0.3, -0.25) is 9.36 Å². The third-order valence-electron chi connectivity index (χ3n) is 2.36. The van der Waals surface area contributed by atoms with Crippen LogP contribution in [0.2, 0.25) is 5.15 Å². The highest BCUT2D eigenvalue weighted by molar-refractivity contribution is 6.30. The Kier molecular flexibility index (Phi) is 4.15. The number of rotatable bonds is 4. The molecule has 84 valence electrons. The zero-order valence-corrected chi connectivity index (χ0v) is 9.91. The monoisotopic (exact) mass is 230 g/mol. The Bertz CT molecular complexity index is 389. The fraction of sp³-hybridized carbons (Fsp3) is 0.600. The van der Waals surface area contributed by atoms with E-state index in [1.807, 2.05) is 0 Å². The molecule has 0 aliphatic carbocycles. The van der Waals surface area contributed by atoms with Gasteiger partial charge in [0.2, 0.25) is 5.75 Å². The van der Waals surface area contributed by atoms with Crippen LogP contribution < -0.4 is 10.3 Å². The highest BCUT2D eigenvalue weighted by Crippen LogP contribution is 2.15. The van der Waals surface area contributed by atoms with Gasteiger partial charge in [0.15, 0.2) is 5.15 Å². The van der Waals surface area contributed by atoms with E-state index in [0.717, 1.165) is 6.42 Å². The summed E-state index contributed by atoms with van der Waals surface area (Å²) in [6, 6.07) is 0. The van der Waals surface area contributed by atoms with Crippen molar-refractivity contribution in [3.63, 3.8) is 0 Å². The molecule has 1 rings (SSSR count). The molecule has 1 heterocycles. The largest absolute Gasteiger partial charge is 0.489 e. The summed E-state index contributed by atoms with van der Waals surface area (Å²) in [5.41, 5.74) is -0.224. The molecule has 0 bridgehead atoms. The summed E-state index contributed by atoms with van der Waals surface area (Å²) in [7, 11) is 1.41. The van der Waals surface area contributed by atoms with Crippen LogP contribution in [0.25, 0.3) is 0 Å². The molecule has 0 fully saturated rings. The van der Waals surface area contributed by atoms with Gasteiger partial charge in [-0.25, -0.2) is 4.98 Å². The Morgan fingerprint density at radius 2 is 2.33 bits per heavy atom. The van der Waals surface area contributed by atoms with Crippen LogP contribution in [-0.2, 0) is 6.54 Å². The van der Waals surface area contributed by atoms with Crippen LogP contribution in [0.5, 0.6) is 5.75 Å². The Morgan fingerprint density at radius 1 is 1.67 bits per heavy atom. The van der Waals surface area contributed by atoms with Gasteiger partial charge in [0, 0.05) is 6.54 Å². The van der Waals surface area contributed by atoms with Crippen LogP contribution in [0, 0.1) is 5.92 Å². The molecule has 4 nitrogen and oxygen atoms in total. The predicted octanol–water partition coefficient (Wildman–Crippen LogP) is 1.95. The number of hydrogen-bond acceptors (Lipinski definition) is 3. The molecule has 1 atom stereocenters. The summed E-state index contributed by atoms with van der Waals surface area (Å²) in [4.78, 5) is 15.7. The predicted molar refractivity (Wildman–Crippen MR) is 59.5 cm³/mol. The van der Waals surface area contributed by atoms with E-state index in [-0.39, 0.29) is 16.5 Å². The smallest absolute Gasteiger partial charge is 0.297 e. The van der Waals surface area contributed by atoms with Crippen LogP contribution in [0.1, 0.15) is 20.3 Å². The van der Waals surface area contributed by atoms with Gasteiger partial charge < -0.3 is 4.74 Å². The van der Waals surface area contributed by atoms with Crippen LogP contribution >= 0.6 is 11.6 Å². The van der Waals surface area contributed by atoms with Gasteiger partial charge in [-0.1, -0.05) is 31.9 Å². The van der Waals surface area contributed by atoms with E-state index in [1.54, 1.807) is 0 Å².